The van der Waals surface area contributed by atoms with Gasteiger partial charge in [0.1, 0.15) is 11.4 Å². The molecular weight excluding hydrogens is 407 g/mol. The van der Waals surface area contributed by atoms with Gasteiger partial charge in [0.15, 0.2) is 0 Å². The molecule has 1 aliphatic heterocycles. The van der Waals surface area contributed by atoms with Gasteiger partial charge < -0.3 is 10.6 Å². The fourth-order valence-electron chi connectivity index (χ4n) is 4.85. The molecule has 0 unspecified atom stereocenters. The minimum absolute atomic E-state index is 0.127. The van der Waals surface area contributed by atoms with Crippen molar-refractivity contribution in [1.29, 1.82) is 0 Å². The maximum atomic E-state index is 12.7. The summed E-state index contributed by atoms with van der Waals surface area (Å²) in [6.45, 7) is 2.33. The van der Waals surface area contributed by atoms with Crippen LogP contribution in [0.25, 0.3) is 0 Å². The molecule has 8 heteroatoms. The second kappa shape index (κ2) is 9.02. The van der Waals surface area contributed by atoms with Crippen LogP contribution >= 0.6 is 0 Å². The number of alkyl halides is 3. The number of halogens is 3. The molecule has 0 bridgehead atoms. The lowest BCUT2D eigenvalue weighted by atomic mass is 9.87. The highest BCUT2D eigenvalue weighted by molar-refractivity contribution is 5.74. The highest BCUT2D eigenvalue weighted by atomic mass is 19.4. The van der Waals surface area contributed by atoms with Gasteiger partial charge in [-0.25, -0.2) is 0 Å². The molecule has 168 valence electrons. The number of piperidine rings is 1. The lowest BCUT2D eigenvalue weighted by molar-refractivity contribution is -0.137. The zero-order valence-corrected chi connectivity index (χ0v) is 17.4. The summed E-state index contributed by atoms with van der Waals surface area (Å²) in [5.74, 6) is 0. The average molecular weight is 435 g/mol. The van der Waals surface area contributed by atoms with Crippen LogP contribution < -0.4 is 21.5 Å². The zero-order chi connectivity index (χ0) is 22.0. The molecule has 1 saturated heterocycles. The lowest BCUT2D eigenvalue weighted by Gasteiger charge is -2.42. The first-order chi connectivity index (χ1) is 14.8. The summed E-state index contributed by atoms with van der Waals surface area (Å²) in [5, 5.41) is 6.31. The Balaban J connectivity index is 1.43. The molecule has 2 aromatic rings. The molecule has 0 aromatic heterocycles. The van der Waals surface area contributed by atoms with Crippen molar-refractivity contribution in [2.24, 2.45) is 0 Å². The van der Waals surface area contributed by atoms with Crippen LogP contribution in [0.2, 0.25) is 0 Å². The molecule has 2 atom stereocenters. The van der Waals surface area contributed by atoms with Gasteiger partial charge in [0.2, 0.25) is 0 Å². The number of nitrogens with one attached hydrogen (secondary N) is 2. The summed E-state index contributed by atoms with van der Waals surface area (Å²) in [6.07, 6.45) is 3.58. The highest BCUT2D eigenvalue weighted by Gasteiger charge is 2.33. The second-order valence-corrected chi connectivity index (χ2v) is 8.66. The first-order valence-corrected chi connectivity index (χ1v) is 11.1. The van der Waals surface area contributed by atoms with E-state index in [0.29, 0.717) is 17.3 Å². The number of anilines is 2. The van der Waals surface area contributed by atoms with Crippen molar-refractivity contribution in [3.05, 3.63) is 55.8 Å². The molecule has 0 radical (unpaired) electrons. The Bertz CT molecular complexity index is 958. The Kier molecular flexibility index (Phi) is 6.36. The van der Waals surface area contributed by atoms with Crippen LogP contribution in [0.4, 0.5) is 24.5 Å². The van der Waals surface area contributed by atoms with Gasteiger partial charge >= 0.3 is 6.18 Å². The predicted molar refractivity (Wildman–Crippen MR) is 115 cm³/mol. The summed E-state index contributed by atoms with van der Waals surface area (Å²) in [4.78, 5) is 26.9. The van der Waals surface area contributed by atoms with E-state index in [-0.39, 0.29) is 18.3 Å². The van der Waals surface area contributed by atoms with Crippen molar-refractivity contribution < 1.29 is 13.2 Å². The third-order valence-electron chi connectivity index (χ3n) is 6.58. The number of hydrogen-bond donors (Lipinski definition) is 2. The molecular formula is C23H28F3N3O2. The first-order valence-electron chi connectivity index (χ1n) is 11.1. The van der Waals surface area contributed by atoms with E-state index in [1.807, 2.05) is 0 Å². The number of likely N-dealkylation sites (tertiary alicyclic amines) is 1. The molecule has 1 aliphatic carbocycles. The van der Waals surface area contributed by atoms with Crippen molar-refractivity contribution in [2.45, 2.75) is 69.8 Å². The topological polar surface area (TPSA) is 61.4 Å². The van der Waals surface area contributed by atoms with Crippen LogP contribution in [0.3, 0.4) is 0 Å². The minimum Gasteiger partial charge on any atom is -0.376 e. The normalized spacial score (nSPS) is 23.1. The van der Waals surface area contributed by atoms with E-state index >= 15 is 0 Å². The van der Waals surface area contributed by atoms with Crippen LogP contribution in [0.1, 0.15) is 56.1 Å². The number of hydrogen-bond acceptors (Lipinski definition) is 5. The van der Waals surface area contributed by atoms with Gasteiger partial charge in [-0.3, -0.25) is 14.5 Å². The van der Waals surface area contributed by atoms with Crippen molar-refractivity contribution in [2.75, 3.05) is 23.7 Å². The van der Waals surface area contributed by atoms with Gasteiger partial charge in [0.05, 0.1) is 5.56 Å². The molecule has 5 nitrogen and oxygen atoms in total. The van der Waals surface area contributed by atoms with Gasteiger partial charge in [-0.1, -0.05) is 31.4 Å². The molecule has 2 aliphatic rings. The second-order valence-electron chi connectivity index (χ2n) is 8.66. The molecule has 2 aromatic carbocycles. The Morgan fingerprint density at radius 2 is 1.52 bits per heavy atom. The fourth-order valence-corrected chi connectivity index (χ4v) is 4.85. The van der Waals surface area contributed by atoms with E-state index in [4.69, 9.17) is 0 Å². The summed E-state index contributed by atoms with van der Waals surface area (Å²) in [6, 6.07) is 5.28. The van der Waals surface area contributed by atoms with E-state index in [2.05, 4.69) is 15.5 Å². The van der Waals surface area contributed by atoms with Crippen LogP contribution in [0, 0.1) is 0 Å². The van der Waals surface area contributed by atoms with Crippen molar-refractivity contribution in [3.8, 4) is 0 Å². The van der Waals surface area contributed by atoms with Crippen LogP contribution in [-0.2, 0) is 12.7 Å². The summed E-state index contributed by atoms with van der Waals surface area (Å²) in [7, 11) is 0. The quantitative estimate of drug-likeness (QED) is 0.669. The number of nitrogens with zero attached hydrogens (tertiary/aromatic N) is 1. The number of benzene rings is 1. The van der Waals surface area contributed by atoms with Crippen molar-refractivity contribution >= 4 is 11.4 Å². The standard InChI is InChI=1S/C23H28F3N3O2/c24-23(25,26)16-10-8-15(9-11-16)14-27-19-20(22(31)21(19)30)28-17-6-2-3-7-18(17)29-12-4-1-5-13-29/h8-11,17-18,27-28H,1-7,12-14H2/t17-,18-/m1/s1. The summed E-state index contributed by atoms with van der Waals surface area (Å²) >= 11 is 0. The fraction of sp³-hybridized carbons (Fsp3) is 0.565. The molecule has 2 N–H and O–H groups in total. The van der Waals surface area contributed by atoms with Gasteiger partial charge in [0, 0.05) is 18.6 Å². The van der Waals surface area contributed by atoms with Gasteiger partial charge in [0.25, 0.3) is 10.9 Å². The summed E-state index contributed by atoms with van der Waals surface area (Å²) < 4.78 is 38.1. The maximum Gasteiger partial charge on any atom is 0.416 e. The molecule has 2 fully saturated rings. The van der Waals surface area contributed by atoms with Crippen LogP contribution in [-0.4, -0.2) is 30.1 Å². The molecule has 1 saturated carbocycles. The summed E-state index contributed by atoms with van der Waals surface area (Å²) in [5.41, 5.74) is -0.624. The van der Waals surface area contributed by atoms with E-state index < -0.39 is 22.6 Å². The SMILES string of the molecule is O=c1c(NCc2ccc(C(F)(F)F)cc2)c(N[C@@H]2CCCC[C@H]2N2CCCCC2)c1=O. The Morgan fingerprint density at radius 3 is 2.19 bits per heavy atom. The van der Waals surface area contributed by atoms with Crippen LogP contribution in [0.5, 0.6) is 0 Å². The molecule has 0 amide bonds. The average Bonchev–Trinajstić information content (AvgIpc) is 2.78. The monoisotopic (exact) mass is 435 g/mol. The highest BCUT2D eigenvalue weighted by Crippen LogP contribution is 2.30. The molecule has 1 heterocycles. The van der Waals surface area contributed by atoms with Crippen molar-refractivity contribution in [1.82, 2.24) is 4.90 Å². The maximum absolute atomic E-state index is 12.7. The molecule has 31 heavy (non-hydrogen) atoms. The Hall–Kier alpha value is -2.35. The molecule has 0 spiro atoms. The predicted octanol–water partition coefficient (Wildman–Crippen LogP) is 4.12. The largest absolute Gasteiger partial charge is 0.416 e. The zero-order valence-electron chi connectivity index (χ0n) is 17.4. The number of rotatable bonds is 6. The smallest absolute Gasteiger partial charge is 0.376 e. The third-order valence-corrected chi connectivity index (χ3v) is 6.58. The lowest BCUT2D eigenvalue weighted by Crippen LogP contribution is -2.52. The van der Waals surface area contributed by atoms with E-state index in [1.165, 1.54) is 37.8 Å². The minimum atomic E-state index is -4.38. The van der Waals surface area contributed by atoms with Crippen LogP contribution in [0.15, 0.2) is 33.9 Å². The van der Waals surface area contributed by atoms with E-state index in [1.54, 1.807) is 0 Å². The van der Waals surface area contributed by atoms with Crippen molar-refractivity contribution in [3.63, 3.8) is 0 Å². The van der Waals surface area contributed by atoms with Gasteiger partial charge in [-0.05, 0) is 56.5 Å². The molecule has 4 rings (SSSR count). The Morgan fingerprint density at radius 1 is 0.871 bits per heavy atom. The van der Waals surface area contributed by atoms with E-state index in [0.717, 1.165) is 44.5 Å². The van der Waals surface area contributed by atoms with Gasteiger partial charge in [-0.2, -0.15) is 13.2 Å². The first kappa shape index (κ1) is 21.9. The third kappa shape index (κ3) is 4.79. The van der Waals surface area contributed by atoms with E-state index in [9.17, 15) is 22.8 Å². The Labute approximate surface area is 179 Å². The van der Waals surface area contributed by atoms with Gasteiger partial charge in [-0.15, -0.1) is 0 Å².